The Morgan fingerprint density at radius 2 is 2.03 bits per heavy atom. The maximum absolute atomic E-state index is 12.8. The van der Waals surface area contributed by atoms with E-state index in [-0.39, 0.29) is 17.4 Å². The molecule has 29 heavy (non-hydrogen) atoms. The number of benzene rings is 1. The average molecular weight is 415 g/mol. The van der Waals surface area contributed by atoms with Crippen LogP contribution >= 0.6 is 11.6 Å². The van der Waals surface area contributed by atoms with Gasteiger partial charge >= 0.3 is 0 Å². The number of rotatable bonds is 7. The second-order valence-corrected chi connectivity index (χ2v) is 7.47. The molecule has 6 nitrogen and oxygen atoms in total. The number of pyridine rings is 1. The topological polar surface area (TPSA) is 79.7 Å². The fraction of sp³-hybridized carbons (Fsp3) is 0.318. The number of carbonyl (C=O) groups is 2. The van der Waals surface area contributed by atoms with Crippen LogP contribution in [0.15, 0.2) is 54.2 Å². The number of aliphatic hydroxyl groups excluding tert-OH is 1. The number of ether oxygens (including phenoxy) is 1. The predicted molar refractivity (Wildman–Crippen MR) is 110 cm³/mol. The Morgan fingerprint density at radius 1 is 1.24 bits per heavy atom. The van der Waals surface area contributed by atoms with Gasteiger partial charge in [-0.3, -0.25) is 14.6 Å². The normalized spacial score (nSPS) is 18.6. The Bertz CT molecular complexity index is 927. The Hall–Kier alpha value is -2.70. The van der Waals surface area contributed by atoms with E-state index >= 15 is 0 Å². The number of ketones is 1. The van der Waals surface area contributed by atoms with Gasteiger partial charge in [0.1, 0.15) is 11.8 Å². The molecule has 2 aromatic rings. The minimum Gasteiger partial charge on any atom is -0.507 e. The minimum absolute atomic E-state index is 0.0146. The summed E-state index contributed by atoms with van der Waals surface area (Å²) in [5, 5.41) is 11.3. The van der Waals surface area contributed by atoms with Crippen LogP contribution in [-0.2, 0) is 14.3 Å². The van der Waals surface area contributed by atoms with Crippen molar-refractivity contribution in [1.29, 1.82) is 0 Å². The number of aromatic nitrogens is 1. The molecule has 1 aliphatic rings. The van der Waals surface area contributed by atoms with Crippen molar-refractivity contribution in [1.82, 2.24) is 9.88 Å². The molecule has 1 aromatic carbocycles. The lowest BCUT2D eigenvalue weighted by Gasteiger charge is -2.24. The van der Waals surface area contributed by atoms with Gasteiger partial charge in [0.05, 0.1) is 17.4 Å². The number of halogens is 1. The monoisotopic (exact) mass is 414 g/mol. The van der Waals surface area contributed by atoms with E-state index in [0.29, 0.717) is 35.9 Å². The van der Waals surface area contributed by atoms with Crippen molar-refractivity contribution in [2.45, 2.75) is 32.4 Å². The van der Waals surface area contributed by atoms with Crippen LogP contribution in [0.4, 0.5) is 0 Å². The number of amides is 1. The second-order valence-electron chi connectivity index (χ2n) is 7.03. The molecule has 0 radical (unpaired) electrons. The zero-order valence-corrected chi connectivity index (χ0v) is 17.1. The highest BCUT2D eigenvalue weighted by atomic mass is 35.5. The number of likely N-dealkylation sites (tertiary alicyclic amines) is 1. The number of hydrogen-bond acceptors (Lipinski definition) is 5. The van der Waals surface area contributed by atoms with E-state index < -0.39 is 17.7 Å². The fourth-order valence-electron chi connectivity index (χ4n) is 3.30. The number of hydrogen-bond donors (Lipinski definition) is 1. The highest BCUT2D eigenvalue weighted by Crippen LogP contribution is 2.38. The molecule has 1 amide bonds. The van der Waals surface area contributed by atoms with Crippen molar-refractivity contribution >= 4 is 29.1 Å². The zero-order valence-electron chi connectivity index (χ0n) is 16.3. The summed E-state index contributed by atoms with van der Waals surface area (Å²) in [5.41, 5.74) is 0.903. The molecule has 1 atom stereocenters. The standard InChI is InChI=1S/C22H23ClN2O4/c1-14(2)29-12-6-11-25-19(17-9-3-4-10-24-17)18(21(27)22(25)28)20(26)15-7-5-8-16(23)13-15/h3-5,7-10,13-14,19,26H,6,11-12H2,1-2H3/b20-18-. The van der Waals surface area contributed by atoms with Crippen LogP contribution in [0.25, 0.3) is 5.76 Å². The van der Waals surface area contributed by atoms with E-state index in [9.17, 15) is 14.7 Å². The molecule has 152 valence electrons. The molecule has 1 aliphatic heterocycles. The molecule has 1 aromatic heterocycles. The molecule has 1 unspecified atom stereocenters. The Labute approximate surface area is 174 Å². The number of nitrogens with zero attached hydrogens (tertiary/aromatic N) is 2. The summed E-state index contributed by atoms with van der Waals surface area (Å²) in [6, 6.07) is 11.0. The Balaban J connectivity index is 2.01. The van der Waals surface area contributed by atoms with Gasteiger partial charge in [-0.1, -0.05) is 29.8 Å². The number of carbonyl (C=O) groups excluding carboxylic acids is 2. The van der Waals surface area contributed by atoms with Gasteiger partial charge in [-0.15, -0.1) is 0 Å². The Morgan fingerprint density at radius 3 is 2.69 bits per heavy atom. The van der Waals surface area contributed by atoms with Crippen LogP contribution in [-0.4, -0.2) is 45.9 Å². The average Bonchev–Trinajstić information content (AvgIpc) is 2.96. The lowest BCUT2D eigenvalue weighted by molar-refractivity contribution is -0.140. The number of Topliss-reactive ketones (excluding diaryl/α,β-unsaturated/α-hetero) is 1. The van der Waals surface area contributed by atoms with Crippen LogP contribution in [0.3, 0.4) is 0 Å². The molecular formula is C22H23ClN2O4. The summed E-state index contributed by atoms with van der Waals surface area (Å²) in [4.78, 5) is 31.4. The van der Waals surface area contributed by atoms with Crippen LogP contribution in [0.5, 0.6) is 0 Å². The Kier molecular flexibility index (Phi) is 6.67. The van der Waals surface area contributed by atoms with Crippen LogP contribution in [0.2, 0.25) is 5.02 Å². The van der Waals surface area contributed by atoms with Gasteiger partial charge in [0.25, 0.3) is 11.7 Å². The van der Waals surface area contributed by atoms with Crippen LogP contribution < -0.4 is 0 Å². The van der Waals surface area contributed by atoms with E-state index in [2.05, 4.69) is 4.98 Å². The predicted octanol–water partition coefficient (Wildman–Crippen LogP) is 3.97. The van der Waals surface area contributed by atoms with Crippen molar-refractivity contribution in [2.75, 3.05) is 13.2 Å². The van der Waals surface area contributed by atoms with Crippen molar-refractivity contribution in [2.24, 2.45) is 0 Å². The lowest BCUT2D eigenvalue weighted by atomic mass is 9.98. The third-order valence-electron chi connectivity index (χ3n) is 4.60. The van der Waals surface area contributed by atoms with Gasteiger partial charge in [0.2, 0.25) is 0 Å². The molecule has 7 heteroatoms. The highest BCUT2D eigenvalue weighted by molar-refractivity contribution is 6.46. The van der Waals surface area contributed by atoms with E-state index in [1.165, 1.54) is 4.90 Å². The summed E-state index contributed by atoms with van der Waals surface area (Å²) in [6.07, 6.45) is 2.24. The molecule has 1 N–H and O–H groups in total. The summed E-state index contributed by atoms with van der Waals surface area (Å²) in [7, 11) is 0. The first-order valence-corrected chi connectivity index (χ1v) is 9.85. The van der Waals surface area contributed by atoms with Crippen molar-refractivity contribution in [3.63, 3.8) is 0 Å². The summed E-state index contributed by atoms with van der Waals surface area (Å²) < 4.78 is 5.55. The summed E-state index contributed by atoms with van der Waals surface area (Å²) in [5.74, 6) is -1.65. The first-order valence-electron chi connectivity index (χ1n) is 9.47. The van der Waals surface area contributed by atoms with E-state index in [1.54, 1.807) is 48.7 Å². The molecule has 1 saturated heterocycles. The quantitative estimate of drug-likeness (QED) is 0.321. The molecule has 0 saturated carbocycles. The van der Waals surface area contributed by atoms with E-state index in [1.807, 2.05) is 13.8 Å². The lowest BCUT2D eigenvalue weighted by Crippen LogP contribution is -2.31. The van der Waals surface area contributed by atoms with Gasteiger partial charge in [0.15, 0.2) is 0 Å². The van der Waals surface area contributed by atoms with Gasteiger partial charge < -0.3 is 14.7 Å². The first-order chi connectivity index (χ1) is 13.9. The fourth-order valence-corrected chi connectivity index (χ4v) is 3.49. The molecule has 3 rings (SSSR count). The van der Waals surface area contributed by atoms with E-state index in [0.717, 1.165) is 0 Å². The molecule has 2 heterocycles. The molecule has 0 aliphatic carbocycles. The molecule has 1 fully saturated rings. The summed E-state index contributed by atoms with van der Waals surface area (Å²) >= 11 is 6.03. The SMILES string of the molecule is CC(C)OCCCN1C(=O)C(=O)/C(=C(\O)c2cccc(Cl)c2)C1c1ccccn1. The third kappa shape index (κ3) is 4.66. The van der Waals surface area contributed by atoms with Crippen LogP contribution in [0, 0.1) is 0 Å². The smallest absolute Gasteiger partial charge is 0.295 e. The first kappa shape index (κ1) is 21.0. The van der Waals surface area contributed by atoms with E-state index in [4.69, 9.17) is 16.3 Å². The summed E-state index contributed by atoms with van der Waals surface area (Å²) in [6.45, 7) is 4.64. The molecule has 0 bridgehead atoms. The molecular weight excluding hydrogens is 392 g/mol. The van der Waals surface area contributed by atoms with Gasteiger partial charge in [-0.05, 0) is 44.5 Å². The van der Waals surface area contributed by atoms with Gasteiger partial charge in [-0.2, -0.15) is 0 Å². The van der Waals surface area contributed by atoms with Crippen molar-refractivity contribution in [3.05, 3.63) is 70.5 Å². The maximum Gasteiger partial charge on any atom is 0.295 e. The van der Waals surface area contributed by atoms with Gasteiger partial charge in [0, 0.05) is 29.9 Å². The van der Waals surface area contributed by atoms with Gasteiger partial charge in [-0.25, -0.2) is 0 Å². The van der Waals surface area contributed by atoms with Crippen molar-refractivity contribution in [3.8, 4) is 0 Å². The van der Waals surface area contributed by atoms with Crippen LogP contribution in [0.1, 0.15) is 37.6 Å². The third-order valence-corrected chi connectivity index (χ3v) is 4.84. The molecule has 0 spiro atoms. The van der Waals surface area contributed by atoms with Crippen molar-refractivity contribution < 1.29 is 19.4 Å². The largest absolute Gasteiger partial charge is 0.507 e. The minimum atomic E-state index is -0.769. The second kappa shape index (κ2) is 9.20. The zero-order chi connectivity index (χ0) is 21.0. The number of aliphatic hydroxyl groups is 1. The highest BCUT2D eigenvalue weighted by Gasteiger charge is 2.46. The maximum atomic E-state index is 12.8.